The molecule has 86 valence electrons. The molecule has 0 atom stereocenters. The second kappa shape index (κ2) is 6.13. The summed E-state index contributed by atoms with van der Waals surface area (Å²) in [5.41, 5.74) is 1.15. The van der Waals surface area contributed by atoms with Gasteiger partial charge in [-0.15, -0.1) is 0 Å². The minimum atomic E-state index is 0.520. The van der Waals surface area contributed by atoms with E-state index in [2.05, 4.69) is 31.2 Å². The van der Waals surface area contributed by atoms with Gasteiger partial charge < -0.3 is 5.32 Å². The Kier molecular flexibility index (Phi) is 5.12. The number of hydrogen-bond acceptors (Lipinski definition) is 2. The third-order valence-electron chi connectivity index (χ3n) is 2.25. The van der Waals surface area contributed by atoms with E-state index in [4.69, 9.17) is 11.6 Å². The molecule has 0 aliphatic heterocycles. The average molecular weight is 230 g/mol. The van der Waals surface area contributed by atoms with Crippen LogP contribution in [0.4, 0.5) is 0 Å². The molecule has 0 aliphatic carbocycles. The molecule has 1 N–H and O–H groups in total. The minimum absolute atomic E-state index is 0.520. The highest BCUT2D eigenvalue weighted by molar-refractivity contribution is 6.31. The van der Waals surface area contributed by atoms with Crippen molar-refractivity contribution < 1.29 is 0 Å². The first-order valence-electron chi connectivity index (χ1n) is 5.58. The van der Waals surface area contributed by atoms with E-state index in [9.17, 15) is 0 Å². The molecule has 0 aliphatic rings. The third kappa shape index (κ3) is 3.84. The number of aryl methyl sites for hydroxylation is 1. The van der Waals surface area contributed by atoms with Gasteiger partial charge in [-0.05, 0) is 6.42 Å². The Balaban J connectivity index is 2.54. The highest BCUT2D eigenvalue weighted by atomic mass is 35.5. The van der Waals surface area contributed by atoms with E-state index in [-0.39, 0.29) is 0 Å². The van der Waals surface area contributed by atoms with Crippen LogP contribution in [-0.2, 0) is 13.0 Å². The van der Waals surface area contributed by atoms with Crippen LogP contribution in [0.25, 0.3) is 0 Å². The summed E-state index contributed by atoms with van der Waals surface area (Å²) in [6.07, 6.45) is 3.77. The van der Waals surface area contributed by atoms with Crippen LogP contribution in [0, 0.1) is 0 Å². The van der Waals surface area contributed by atoms with E-state index < -0.39 is 0 Å². The number of hydrogen-bond donors (Lipinski definition) is 1. The fourth-order valence-corrected chi connectivity index (χ4v) is 1.76. The summed E-state index contributed by atoms with van der Waals surface area (Å²) in [6.45, 7) is 8.33. The molecule has 0 spiro atoms. The number of nitrogens with one attached hydrogen (secondary N) is 1. The zero-order valence-corrected chi connectivity index (χ0v) is 10.5. The molecule has 4 heteroatoms. The second-order valence-corrected chi connectivity index (χ2v) is 4.43. The fourth-order valence-electron chi connectivity index (χ4n) is 1.52. The lowest BCUT2D eigenvalue weighted by atomic mass is 10.3. The van der Waals surface area contributed by atoms with Gasteiger partial charge in [0.2, 0.25) is 0 Å². The van der Waals surface area contributed by atoms with Crippen molar-refractivity contribution in [3.05, 3.63) is 16.9 Å². The van der Waals surface area contributed by atoms with Gasteiger partial charge in [0.1, 0.15) is 0 Å². The van der Waals surface area contributed by atoms with Gasteiger partial charge in [0.25, 0.3) is 0 Å². The lowest BCUT2D eigenvalue weighted by Crippen LogP contribution is -2.25. The molecule has 1 rings (SSSR count). The molecule has 3 nitrogen and oxygen atoms in total. The van der Waals surface area contributed by atoms with Crippen LogP contribution < -0.4 is 5.32 Å². The molecule has 1 aromatic heterocycles. The zero-order valence-electron chi connectivity index (χ0n) is 9.76. The Hall–Kier alpha value is -0.540. The Morgan fingerprint density at radius 1 is 1.53 bits per heavy atom. The molecule has 1 heterocycles. The van der Waals surface area contributed by atoms with Gasteiger partial charge in [-0.1, -0.05) is 32.4 Å². The van der Waals surface area contributed by atoms with Gasteiger partial charge in [-0.2, -0.15) is 5.10 Å². The van der Waals surface area contributed by atoms with Crippen LogP contribution in [0.15, 0.2) is 6.20 Å². The normalized spacial score (nSPS) is 11.3. The van der Waals surface area contributed by atoms with E-state index in [1.165, 1.54) is 0 Å². The predicted octanol–water partition coefficient (Wildman–Crippen LogP) is 2.49. The molecule has 0 aromatic carbocycles. The second-order valence-electron chi connectivity index (χ2n) is 4.02. The van der Waals surface area contributed by atoms with Gasteiger partial charge in [-0.3, -0.25) is 4.68 Å². The fraction of sp³-hybridized carbons (Fsp3) is 0.727. The Morgan fingerprint density at radius 3 is 2.87 bits per heavy atom. The third-order valence-corrected chi connectivity index (χ3v) is 2.56. The van der Waals surface area contributed by atoms with Crippen molar-refractivity contribution in [2.24, 2.45) is 0 Å². The monoisotopic (exact) mass is 229 g/mol. The maximum atomic E-state index is 6.08. The number of rotatable bonds is 6. The van der Waals surface area contributed by atoms with Crippen molar-refractivity contribution in [2.75, 3.05) is 6.54 Å². The average Bonchev–Trinajstić information content (AvgIpc) is 2.50. The van der Waals surface area contributed by atoms with Crippen LogP contribution in [-0.4, -0.2) is 22.4 Å². The van der Waals surface area contributed by atoms with Gasteiger partial charge in [0, 0.05) is 25.6 Å². The van der Waals surface area contributed by atoms with Gasteiger partial charge in [0.15, 0.2) is 0 Å². The molecule has 0 bridgehead atoms. The van der Waals surface area contributed by atoms with Crippen molar-refractivity contribution >= 4 is 11.6 Å². The van der Waals surface area contributed by atoms with Crippen molar-refractivity contribution in [3.8, 4) is 0 Å². The summed E-state index contributed by atoms with van der Waals surface area (Å²) in [7, 11) is 0. The van der Waals surface area contributed by atoms with Crippen LogP contribution in [0.1, 0.15) is 32.9 Å². The Morgan fingerprint density at radius 2 is 2.27 bits per heavy atom. The smallest absolute Gasteiger partial charge is 0.0818 e. The lowest BCUT2D eigenvalue weighted by Gasteiger charge is -2.09. The Labute approximate surface area is 96.8 Å². The highest BCUT2D eigenvalue weighted by Gasteiger charge is 2.07. The van der Waals surface area contributed by atoms with Crippen molar-refractivity contribution in [1.29, 1.82) is 0 Å². The predicted molar refractivity (Wildman–Crippen MR) is 64.4 cm³/mol. The van der Waals surface area contributed by atoms with Crippen molar-refractivity contribution in [3.63, 3.8) is 0 Å². The number of aromatic nitrogens is 2. The molecular weight excluding hydrogens is 210 g/mol. The number of halogens is 1. The van der Waals surface area contributed by atoms with E-state index in [0.29, 0.717) is 6.04 Å². The molecule has 1 aromatic rings. The molecule has 0 radical (unpaired) electrons. The van der Waals surface area contributed by atoms with Gasteiger partial charge >= 0.3 is 0 Å². The molecule has 0 saturated heterocycles. The summed E-state index contributed by atoms with van der Waals surface area (Å²) in [5, 5.41) is 8.43. The molecule has 0 fully saturated rings. The summed E-state index contributed by atoms with van der Waals surface area (Å²) >= 11 is 6.08. The SMILES string of the molecule is CCCn1ncc(Cl)c1CCNC(C)C. The maximum absolute atomic E-state index is 6.08. The maximum Gasteiger partial charge on any atom is 0.0818 e. The van der Waals surface area contributed by atoms with E-state index in [0.717, 1.165) is 36.6 Å². The zero-order chi connectivity index (χ0) is 11.3. The number of nitrogens with zero attached hydrogens (tertiary/aromatic N) is 2. The van der Waals surface area contributed by atoms with Gasteiger partial charge in [-0.25, -0.2) is 0 Å². The van der Waals surface area contributed by atoms with Crippen LogP contribution in [0.5, 0.6) is 0 Å². The summed E-state index contributed by atoms with van der Waals surface area (Å²) < 4.78 is 2.00. The first-order chi connectivity index (χ1) is 7.15. The van der Waals surface area contributed by atoms with Crippen molar-refractivity contribution in [1.82, 2.24) is 15.1 Å². The largest absolute Gasteiger partial charge is 0.314 e. The van der Waals surface area contributed by atoms with Crippen LogP contribution in [0.3, 0.4) is 0 Å². The standard InChI is InChI=1S/C11H20ClN3/c1-4-7-15-11(10(12)8-14-15)5-6-13-9(2)3/h8-9,13H,4-7H2,1-3H3. The molecule has 0 amide bonds. The quantitative estimate of drug-likeness (QED) is 0.813. The lowest BCUT2D eigenvalue weighted by molar-refractivity contribution is 0.543. The summed E-state index contributed by atoms with van der Waals surface area (Å²) in [6, 6.07) is 0.520. The highest BCUT2D eigenvalue weighted by Crippen LogP contribution is 2.15. The molecule has 0 unspecified atom stereocenters. The molecule has 0 saturated carbocycles. The van der Waals surface area contributed by atoms with Crippen LogP contribution >= 0.6 is 11.6 Å². The minimum Gasteiger partial charge on any atom is -0.314 e. The summed E-state index contributed by atoms with van der Waals surface area (Å²) in [5.74, 6) is 0. The van der Waals surface area contributed by atoms with E-state index in [1.807, 2.05) is 4.68 Å². The van der Waals surface area contributed by atoms with Crippen molar-refractivity contribution in [2.45, 2.75) is 46.2 Å². The first-order valence-corrected chi connectivity index (χ1v) is 5.96. The molecular formula is C11H20ClN3. The summed E-state index contributed by atoms with van der Waals surface area (Å²) in [4.78, 5) is 0. The molecule has 15 heavy (non-hydrogen) atoms. The van der Waals surface area contributed by atoms with E-state index in [1.54, 1.807) is 6.20 Å². The van der Waals surface area contributed by atoms with Crippen LogP contribution in [0.2, 0.25) is 5.02 Å². The first kappa shape index (κ1) is 12.5. The van der Waals surface area contributed by atoms with Gasteiger partial charge in [0.05, 0.1) is 16.9 Å². The topological polar surface area (TPSA) is 29.9 Å². The van der Waals surface area contributed by atoms with E-state index >= 15 is 0 Å². The Bertz CT molecular complexity index is 294.